The fourth-order valence-corrected chi connectivity index (χ4v) is 3.43. The van der Waals surface area contributed by atoms with Crippen LogP contribution < -0.4 is 10.1 Å². The third-order valence-electron chi connectivity index (χ3n) is 2.94. The molecule has 0 atom stereocenters. The molecule has 2 aromatic rings. The zero-order valence-electron chi connectivity index (χ0n) is 13.2. The fourth-order valence-electron chi connectivity index (χ4n) is 1.99. The van der Waals surface area contributed by atoms with E-state index in [9.17, 15) is 4.79 Å². The normalized spacial score (nSPS) is 10.6. The number of nitrogens with one attached hydrogen (secondary N) is 1. The highest BCUT2D eigenvalue weighted by Crippen LogP contribution is 2.22. The topological polar surface area (TPSA) is 38.3 Å². The van der Waals surface area contributed by atoms with Crippen LogP contribution >= 0.6 is 27.7 Å². The average molecular weight is 394 g/mol. The van der Waals surface area contributed by atoms with Crippen LogP contribution in [0, 0.1) is 0 Å². The molecule has 0 bridgehead atoms. The first-order valence-corrected chi connectivity index (χ1v) is 9.37. The first kappa shape index (κ1) is 17.9. The second-order valence-corrected chi connectivity index (χ2v) is 7.17. The Balaban J connectivity index is 1.82. The lowest BCUT2D eigenvalue weighted by Crippen LogP contribution is -2.14. The molecular weight excluding hydrogens is 374 g/mol. The van der Waals surface area contributed by atoms with E-state index in [2.05, 4.69) is 27.3 Å². The van der Waals surface area contributed by atoms with E-state index < -0.39 is 0 Å². The van der Waals surface area contributed by atoms with E-state index in [1.54, 1.807) is 11.8 Å². The molecule has 0 aromatic heterocycles. The Kier molecular flexibility index (Phi) is 6.99. The summed E-state index contributed by atoms with van der Waals surface area (Å²) in [6.07, 6.45) is 0.112. The van der Waals surface area contributed by atoms with Crippen molar-refractivity contribution in [2.75, 3.05) is 11.1 Å². The summed E-state index contributed by atoms with van der Waals surface area (Å²) in [5, 5.41) is 2.90. The van der Waals surface area contributed by atoms with Gasteiger partial charge in [0.2, 0.25) is 5.91 Å². The average Bonchev–Trinajstić information content (AvgIpc) is 2.49. The molecule has 0 spiro atoms. The van der Waals surface area contributed by atoms with Crippen molar-refractivity contribution in [1.29, 1.82) is 0 Å². The van der Waals surface area contributed by atoms with E-state index in [-0.39, 0.29) is 12.0 Å². The summed E-state index contributed by atoms with van der Waals surface area (Å²) < 4.78 is 6.70. The van der Waals surface area contributed by atoms with Gasteiger partial charge in [-0.1, -0.05) is 40.2 Å². The molecule has 0 aliphatic carbocycles. The standard InChI is InChI=1S/C18H20BrNO2S/c1-13(2)22-16-8-5-7-15(10-16)20-18(21)12-23-11-14-6-3-4-9-17(14)19/h3-10,13H,11-12H2,1-2H3,(H,20,21). The third-order valence-corrected chi connectivity index (χ3v) is 4.69. The molecule has 1 amide bonds. The third kappa shape index (κ3) is 6.28. The highest BCUT2D eigenvalue weighted by Gasteiger charge is 2.06. The van der Waals surface area contributed by atoms with Gasteiger partial charge in [-0.2, -0.15) is 0 Å². The Bertz CT molecular complexity index is 661. The first-order chi connectivity index (χ1) is 11.0. The zero-order chi connectivity index (χ0) is 16.7. The quantitative estimate of drug-likeness (QED) is 0.710. The zero-order valence-corrected chi connectivity index (χ0v) is 15.6. The van der Waals surface area contributed by atoms with Gasteiger partial charge in [0.25, 0.3) is 0 Å². The van der Waals surface area contributed by atoms with Crippen molar-refractivity contribution in [3.63, 3.8) is 0 Å². The number of rotatable bonds is 7. The van der Waals surface area contributed by atoms with Crippen LogP contribution in [0.15, 0.2) is 53.0 Å². The molecule has 2 rings (SSSR count). The molecule has 3 nitrogen and oxygen atoms in total. The number of hydrogen-bond acceptors (Lipinski definition) is 3. The highest BCUT2D eigenvalue weighted by molar-refractivity contribution is 9.10. The number of carbonyl (C=O) groups excluding carboxylic acids is 1. The summed E-state index contributed by atoms with van der Waals surface area (Å²) in [6.45, 7) is 3.95. The molecule has 0 aliphatic heterocycles. The molecule has 0 saturated carbocycles. The number of ether oxygens (including phenoxy) is 1. The summed E-state index contributed by atoms with van der Waals surface area (Å²) in [5.41, 5.74) is 1.95. The van der Waals surface area contributed by atoms with E-state index >= 15 is 0 Å². The highest BCUT2D eigenvalue weighted by atomic mass is 79.9. The second kappa shape index (κ2) is 8.99. The largest absolute Gasteiger partial charge is 0.491 e. The summed E-state index contributed by atoms with van der Waals surface area (Å²) in [5.74, 6) is 1.96. The molecular formula is C18H20BrNO2S. The van der Waals surface area contributed by atoms with Crippen LogP contribution in [-0.4, -0.2) is 17.8 Å². The molecule has 5 heteroatoms. The number of amides is 1. The minimum absolute atomic E-state index is 0.0104. The van der Waals surface area contributed by atoms with Crippen molar-refractivity contribution in [1.82, 2.24) is 0 Å². The van der Waals surface area contributed by atoms with Gasteiger partial charge in [0.15, 0.2) is 0 Å². The van der Waals surface area contributed by atoms with Crippen molar-refractivity contribution in [2.24, 2.45) is 0 Å². The van der Waals surface area contributed by atoms with Gasteiger partial charge in [-0.25, -0.2) is 0 Å². The van der Waals surface area contributed by atoms with E-state index in [1.165, 1.54) is 5.56 Å². The van der Waals surface area contributed by atoms with Crippen LogP contribution in [0.25, 0.3) is 0 Å². The number of carbonyl (C=O) groups is 1. The van der Waals surface area contributed by atoms with E-state index in [4.69, 9.17) is 4.74 Å². The minimum atomic E-state index is -0.0104. The Morgan fingerprint density at radius 3 is 2.74 bits per heavy atom. The van der Waals surface area contributed by atoms with Gasteiger partial charge >= 0.3 is 0 Å². The number of halogens is 1. The van der Waals surface area contributed by atoms with Crippen molar-refractivity contribution in [2.45, 2.75) is 25.7 Å². The van der Waals surface area contributed by atoms with Crippen molar-refractivity contribution >= 4 is 39.3 Å². The number of anilines is 1. The Morgan fingerprint density at radius 1 is 1.22 bits per heavy atom. The summed E-state index contributed by atoms with van der Waals surface area (Å²) in [7, 11) is 0. The number of thioether (sulfide) groups is 1. The van der Waals surface area contributed by atoms with Crippen molar-refractivity contribution in [3.8, 4) is 5.75 Å². The van der Waals surface area contributed by atoms with Gasteiger partial charge < -0.3 is 10.1 Å². The molecule has 0 fully saturated rings. The molecule has 0 saturated heterocycles. The van der Waals surface area contributed by atoms with Gasteiger partial charge in [-0.3, -0.25) is 4.79 Å². The molecule has 0 unspecified atom stereocenters. The van der Waals surface area contributed by atoms with E-state index in [0.717, 1.165) is 21.7 Å². The van der Waals surface area contributed by atoms with Crippen LogP contribution in [0.1, 0.15) is 19.4 Å². The SMILES string of the molecule is CC(C)Oc1cccc(NC(=O)CSCc2ccccc2Br)c1. The van der Waals surface area contributed by atoms with Crippen molar-refractivity contribution < 1.29 is 9.53 Å². The summed E-state index contributed by atoms with van der Waals surface area (Å²) in [4.78, 5) is 12.0. The lowest BCUT2D eigenvalue weighted by molar-refractivity contribution is -0.113. The molecule has 0 radical (unpaired) electrons. The van der Waals surface area contributed by atoms with Gasteiger partial charge in [-0.05, 0) is 37.6 Å². The molecule has 0 heterocycles. The molecule has 0 aliphatic rings. The Hall–Kier alpha value is -1.46. The van der Waals surface area contributed by atoms with E-state index in [0.29, 0.717) is 5.75 Å². The summed E-state index contributed by atoms with van der Waals surface area (Å²) >= 11 is 5.11. The maximum Gasteiger partial charge on any atom is 0.234 e. The Labute approximate surface area is 149 Å². The maximum absolute atomic E-state index is 12.0. The predicted octanol–water partition coefficient (Wildman–Crippen LogP) is 5.11. The van der Waals surface area contributed by atoms with Crippen LogP contribution in [-0.2, 0) is 10.5 Å². The van der Waals surface area contributed by atoms with Crippen molar-refractivity contribution in [3.05, 3.63) is 58.6 Å². The van der Waals surface area contributed by atoms with Crippen LogP contribution in [0.5, 0.6) is 5.75 Å². The molecule has 23 heavy (non-hydrogen) atoms. The second-order valence-electron chi connectivity index (χ2n) is 5.33. The lowest BCUT2D eigenvalue weighted by atomic mass is 10.2. The Morgan fingerprint density at radius 2 is 2.00 bits per heavy atom. The van der Waals surface area contributed by atoms with Gasteiger partial charge in [-0.15, -0.1) is 11.8 Å². The van der Waals surface area contributed by atoms with E-state index in [1.807, 2.05) is 56.3 Å². The van der Waals surface area contributed by atoms with Crippen LogP contribution in [0.3, 0.4) is 0 Å². The fraction of sp³-hybridized carbons (Fsp3) is 0.278. The smallest absolute Gasteiger partial charge is 0.234 e. The predicted molar refractivity (Wildman–Crippen MR) is 101 cm³/mol. The maximum atomic E-state index is 12.0. The lowest BCUT2D eigenvalue weighted by Gasteiger charge is -2.11. The number of hydrogen-bond donors (Lipinski definition) is 1. The number of benzene rings is 2. The summed E-state index contributed by atoms with van der Waals surface area (Å²) in [6, 6.07) is 15.5. The minimum Gasteiger partial charge on any atom is -0.491 e. The molecule has 122 valence electrons. The van der Waals surface area contributed by atoms with Gasteiger partial charge in [0, 0.05) is 22.0 Å². The van der Waals surface area contributed by atoms with Gasteiger partial charge in [0.1, 0.15) is 5.75 Å². The molecule has 1 N–H and O–H groups in total. The van der Waals surface area contributed by atoms with Crippen LogP contribution in [0.2, 0.25) is 0 Å². The monoisotopic (exact) mass is 393 g/mol. The van der Waals surface area contributed by atoms with Gasteiger partial charge in [0.05, 0.1) is 11.9 Å². The first-order valence-electron chi connectivity index (χ1n) is 7.42. The molecule has 2 aromatic carbocycles. The van der Waals surface area contributed by atoms with Crippen LogP contribution in [0.4, 0.5) is 5.69 Å².